The van der Waals surface area contributed by atoms with E-state index in [1.54, 1.807) is 13.2 Å². The van der Waals surface area contributed by atoms with Crippen molar-refractivity contribution < 1.29 is 14.6 Å². The topological polar surface area (TPSA) is 41.9 Å². The van der Waals surface area contributed by atoms with E-state index in [0.717, 1.165) is 16.6 Å². The summed E-state index contributed by atoms with van der Waals surface area (Å²) in [6, 6.07) is 3.67. The van der Waals surface area contributed by atoms with E-state index in [4.69, 9.17) is 9.47 Å². The Labute approximate surface area is 128 Å². The Morgan fingerprint density at radius 1 is 1.25 bits per heavy atom. The van der Waals surface area contributed by atoms with Gasteiger partial charge >= 0.3 is 0 Å². The lowest BCUT2D eigenvalue weighted by atomic mass is 10.1. The number of benzene rings is 1. The molecule has 0 aliphatic carbocycles. The third kappa shape index (κ3) is 4.11. The Morgan fingerprint density at radius 3 is 2.65 bits per heavy atom. The number of methoxy groups -OCH3 is 1. The van der Waals surface area contributed by atoms with Gasteiger partial charge in [-0.3, -0.25) is 4.90 Å². The number of piperidine rings is 1. The quantitative estimate of drug-likeness (QED) is 0.862. The predicted octanol–water partition coefficient (Wildman–Crippen LogP) is 2.81. The normalized spacial score (nSPS) is 16.1. The van der Waals surface area contributed by atoms with Gasteiger partial charge in [0, 0.05) is 6.54 Å². The summed E-state index contributed by atoms with van der Waals surface area (Å²) >= 11 is 3.48. The number of ether oxygens (including phenoxy) is 2. The molecule has 0 amide bonds. The van der Waals surface area contributed by atoms with Crippen LogP contribution in [0, 0.1) is 0 Å². The number of hydrogen-bond acceptors (Lipinski definition) is 4. The monoisotopic (exact) mass is 343 g/mol. The molecule has 1 heterocycles. The molecule has 2 rings (SSSR count). The number of likely N-dealkylation sites (tertiary alicyclic amines) is 1. The fraction of sp³-hybridized carbons (Fsp3) is 0.600. The third-order valence-corrected chi connectivity index (χ3v) is 4.16. The van der Waals surface area contributed by atoms with Crippen LogP contribution in [0.1, 0.15) is 24.8 Å². The molecule has 0 aromatic heterocycles. The summed E-state index contributed by atoms with van der Waals surface area (Å²) in [5.74, 6) is 1.36. The average molecular weight is 344 g/mol. The SMILES string of the molecule is COc1cc(CO)cc(Br)c1OCCN1CCCCC1. The van der Waals surface area contributed by atoms with Gasteiger partial charge in [-0.05, 0) is 59.6 Å². The molecular formula is C15H22BrNO3. The maximum atomic E-state index is 9.20. The second-order valence-electron chi connectivity index (χ2n) is 5.02. The van der Waals surface area contributed by atoms with E-state index in [0.29, 0.717) is 18.1 Å². The van der Waals surface area contributed by atoms with Crippen molar-refractivity contribution in [3.8, 4) is 11.5 Å². The Kier molecular flexibility index (Phi) is 6.13. The molecule has 0 bridgehead atoms. The van der Waals surface area contributed by atoms with E-state index in [9.17, 15) is 5.11 Å². The van der Waals surface area contributed by atoms with Crippen LogP contribution in [0.15, 0.2) is 16.6 Å². The molecule has 0 unspecified atom stereocenters. The van der Waals surface area contributed by atoms with E-state index < -0.39 is 0 Å². The van der Waals surface area contributed by atoms with Crippen LogP contribution in [-0.2, 0) is 6.61 Å². The summed E-state index contributed by atoms with van der Waals surface area (Å²) in [6.45, 7) is 3.92. The van der Waals surface area contributed by atoms with Crippen molar-refractivity contribution in [2.45, 2.75) is 25.9 Å². The lowest BCUT2D eigenvalue weighted by molar-refractivity contribution is 0.180. The van der Waals surface area contributed by atoms with Gasteiger partial charge in [-0.15, -0.1) is 0 Å². The van der Waals surface area contributed by atoms with Crippen LogP contribution in [0.2, 0.25) is 0 Å². The predicted molar refractivity (Wildman–Crippen MR) is 82.4 cm³/mol. The van der Waals surface area contributed by atoms with Crippen molar-refractivity contribution in [2.75, 3.05) is 33.4 Å². The van der Waals surface area contributed by atoms with Gasteiger partial charge in [0.1, 0.15) is 6.61 Å². The molecule has 0 spiro atoms. The zero-order valence-electron chi connectivity index (χ0n) is 11.9. The first kappa shape index (κ1) is 15.6. The van der Waals surface area contributed by atoms with Gasteiger partial charge in [0.2, 0.25) is 0 Å². The fourth-order valence-corrected chi connectivity index (χ4v) is 3.07. The van der Waals surface area contributed by atoms with Crippen LogP contribution in [0.4, 0.5) is 0 Å². The first-order valence-corrected chi connectivity index (χ1v) is 7.86. The van der Waals surface area contributed by atoms with Crippen molar-refractivity contribution in [1.29, 1.82) is 0 Å². The van der Waals surface area contributed by atoms with Crippen molar-refractivity contribution in [3.63, 3.8) is 0 Å². The molecule has 1 N–H and O–H groups in total. The van der Waals surface area contributed by atoms with Crippen molar-refractivity contribution in [2.24, 2.45) is 0 Å². The number of halogens is 1. The maximum Gasteiger partial charge on any atom is 0.175 e. The molecule has 1 aromatic carbocycles. The summed E-state index contributed by atoms with van der Waals surface area (Å²) in [7, 11) is 1.61. The Bertz CT molecular complexity index is 433. The second kappa shape index (κ2) is 7.86. The molecule has 1 saturated heterocycles. The maximum absolute atomic E-state index is 9.20. The molecular weight excluding hydrogens is 322 g/mol. The third-order valence-electron chi connectivity index (χ3n) is 3.57. The smallest absolute Gasteiger partial charge is 0.175 e. The summed E-state index contributed by atoms with van der Waals surface area (Å²) in [6.07, 6.45) is 3.93. The molecule has 1 aliphatic heterocycles. The van der Waals surface area contributed by atoms with Crippen LogP contribution in [-0.4, -0.2) is 43.4 Å². The number of rotatable bonds is 6. The molecule has 0 saturated carbocycles. The number of nitrogens with zero attached hydrogens (tertiary/aromatic N) is 1. The zero-order valence-corrected chi connectivity index (χ0v) is 13.5. The van der Waals surface area contributed by atoms with Crippen molar-refractivity contribution in [3.05, 3.63) is 22.2 Å². The first-order valence-electron chi connectivity index (χ1n) is 7.07. The summed E-state index contributed by atoms with van der Waals surface area (Å²) in [5.41, 5.74) is 0.803. The Hall–Kier alpha value is -0.780. The van der Waals surface area contributed by atoms with E-state index >= 15 is 0 Å². The van der Waals surface area contributed by atoms with E-state index in [-0.39, 0.29) is 6.61 Å². The van der Waals surface area contributed by atoms with Gasteiger partial charge in [-0.1, -0.05) is 6.42 Å². The minimum Gasteiger partial charge on any atom is -0.493 e. The van der Waals surface area contributed by atoms with Crippen molar-refractivity contribution in [1.82, 2.24) is 4.90 Å². The van der Waals surface area contributed by atoms with Gasteiger partial charge in [0.25, 0.3) is 0 Å². The summed E-state index contributed by atoms with van der Waals surface area (Å²) in [5, 5.41) is 9.20. The molecule has 20 heavy (non-hydrogen) atoms. The largest absolute Gasteiger partial charge is 0.493 e. The van der Waals surface area contributed by atoms with E-state index in [1.807, 2.05) is 6.07 Å². The standard InChI is InChI=1S/C15H22BrNO3/c1-19-14-10-12(11-18)9-13(16)15(14)20-8-7-17-5-3-2-4-6-17/h9-10,18H,2-8,11H2,1H3. The highest BCUT2D eigenvalue weighted by atomic mass is 79.9. The number of aliphatic hydroxyl groups is 1. The first-order chi connectivity index (χ1) is 9.74. The molecule has 0 radical (unpaired) electrons. The summed E-state index contributed by atoms with van der Waals surface area (Å²) < 4.78 is 12.0. The highest BCUT2D eigenvalue weighted by Gasteiger charge is 2.13. The second-order valence-corrected chi connectivity index (χ2v) is 5.87. The Balaban J connectivity index is 1.94. The summed E-state index contributed by atoms with van der Waals surface area (Å²) in [4.78, 5) is 2.44. The fourth-order valence-electron chi connectivity index (χ4n) is 2.46. The lowest BCUT2D eigenvalue weighted by Gasteiger charge is -2.26. The van der Waals surface area contributed by atoms with E-state index in [1.165, 1.54) is 32.4 Å². The number of aliphatic hydroxyl groups excluding tert-OH is 1. The van der Waals surface area contributed by atoms with Gasteiger partial charge in [0.15, 0.2) is 11.5 Å². The highest BCUT2D eigenvalue weighted by Crippen LogP contribution is 2.36. The number of hydrogen-bond donors (Lipinski definition) is 1. The highest BCUT2D eigenvalue weighted by molar-refractivity contribution is 9.10. The minimum atomic E-state index is -0.0109. The van der Waals surface area contributed by atoms with Crippen LogP contribution in [0.5, 0.6) is 11.5 Å². The van der Waals surface area contributed by atoms with Crippen LogP contribution >= 0.6 is 15.9 Å². The van der Waals surface area contributed by atoms with Gasteiger partial charge in [-0.2, -0.15) is 0 Å². The lowest BCUT2D eigenvalue weighted by Crippen LogP contribution is -2.33. The molecule has 1 fully saturated rings. The molecule has 5 heteroatoms. The minimum absolute atomic E-state index is 0.0109. The average Bonchev–Trinajstić information content (AvgIpc) is 2.49. The van der Waals surface area contributed by atoms with Crippen LogP contribution in [0.3, 0.4) is 0 Å². The van der Waals surface area contributed by atoms with Gasteiger partial charge in [0.05, 0.1) is 18.2 Å². The molecule has 1 aromatic rings. The molecule has 4 nitrogen and oxygen atoms in total. The van der Waals surface area contributed by atoms with Gasteiger partial charge < -0.3 is 14.6 Å². The van der Waals surface area contributed by atoms with Gasteiger partial charge in [-0.25, -0.2) is 0 Å². The Morgan fingerprint density at radius 2 is 2.00 bits per heavy atom. The van der Waals surface area contributed by atoms with Crippen LogP contribution < -0.4 is 9.47 Å². The van der Waals surface area contributed by atoms with Crippen molar-refractivity contribution >= 4 is 15.9 Å². The van der Waals surface area contributed by atoms with E-state index in [2.05, 4.69) is 20.8 Å². The zero-order chi connectivity index (χ0) is 14.4. The van der Waals surface area contributed by atoms with Crippen LogP contribution in [0.25, 0.3) is 0 Å². The molecule has 112 valence electrons. The molecule has 1 aliphatic rings. The molecule has 0 atom stereocenters.